The van der Waals surface area contributed by atoms with Crippen LogP contribution in [0.3, 0.4) is 0 Å². The van der Waals surface area contributed by atoms with E-state index in [1.807, 2.05) is 48.5 Å². The van der Waals surface area contributed by atoms with Crippen molar-refractivity contribution in [3.05, 3.63) is 71.1 Å². The summed E-state index contributed by atoms with van der Waals surface area (Å²) in [6, 6.07) is 20.1. The molecule has 1 heterocycles. The van der Waals surface area contributed by atoms with Gasteiger partial charge in [0.2, 0.25) is 0 Å². The maximum atomic E-state index is 5.69. The number of nitrogens with one attached hydrogen (secondary N) is 2. The molecule has 3 aromatic rings. The Bertz CT molecular complexity index is 840. The summed E-state index contributed by atoms with van der Waals surface area (Å²) in [6.07, 6.45) is 0.894. The molecule has 0 aliphatic rings. The first-order chi connectivity index (χ1) is 13.3. The van der Waals surface area contributed by atoms with E-state index in [9.17, 15) is 0 Å². The third kappa shape index (κ3) is 7.12. The molecule has 2 N–H and O–H groups in total. The van der Waals surface area contributed by atoms with Gasteiger partial charge >= 0.3 is 0 Å². The second kappa shape index (κ2) is 12.4. The zero-order valence-electron chi connectivity index (χ0n) is 15.8. The second-order valence-corrected chi connectivity index (χ2v) is 6.80. The SMILES string of the molecule is CN=C(NCCCOc1ccccc1)NCc1nc(-c2ccccc2)cs1.I. The van der Waals surface area contributed by atoms with E-state index in [0.717, 1.165) is 40.9 Å². The van der Waals surface area contributed by atoms with Gasteiger partial charge in [-0.2, -0.15) is 0 Å². The Morgan fingerprint density at radius 3 is 2.46 bits per heavy atom. The highest BCUT2D eigenvalue weighted by Crippen LogP contribution is 2.21. The number of halogens is 1. The van der Waals surface area contributed by atoms with Crippen LogP contribution >= 0.6 is 35.3 Å². The van der Waals surface area contributed by atoms with Crippen LogP contribution in [0.1, 0.15) is 11.4 Å². The van der Waals surface area contributed by atoms with Gasteiger partial charge in [-0.15, -0.1) is 35.3 Å². The third-order valence-electron chi connectivity index (χ3n) is 3.88. The molecule has 0 amide bonds. The minimum Gasteiger partial charge on any atom is -0.494 e. The van der Waals surface area contributed by atoms with Gasteiger partial charge in [-0.25, -0.2) is 4.98 Å². The van der Waals surface area contributed by atoms with Crippen LogP contribution < -0.4 is 15.4 Å². The number of thiazole rings is 1. The Hall–Kier alpha value is -2.13. The van der Waals surface area contributed by atoms with Crippen LogP contribution in [0.15, 0.2) is 71.0 Å². The van der Waals surface area contributed by atoms with E-state index in [1.54, 1.807) is 18.4 Å². The van der Waals surface area contributed by atoms with Gasteiger partial charge in [0.25, 0.3) is 0 Å². The zero-order chi connectivity index (χ0) is 18.7. The molecule has 0 spiro atoms. The van der Waals surface area contributed by atoms with Gasteiger partial charge in [-0.1, -0.05) is 48.5 Å². The minimum atomic E-state index is 0. The molecule has 3 rings (SSSR count). The normalized spacial score (nSPS) is 10.8. The molecular formula is C21H25IN4OS. The predicted octanol–water partition coefficient (Wildman–Crippen LogP) is 4.56. The van der Waals surface area contributed by atoms with Crippen molar-refractivity contribution in [2.75, 3.05) is 20.2 Å². The summed E-state index contributed by atoms with van der Waals surface area (Å²) in [6.45, 7) is 2.11. The van der Waals surface area contributed by atoms with Gasteiger partial charge in [-0.05, 0) is 18.6 Å². The van der Waals surface area contributed by atoms with Gasteiger partial charge in [0, 0.05) is 24.5 Å². The van der Waals surface area contributed by atoms with E-state index in [1.165, 1.54) is 0 Å². The fourth-order valence-corrected chi connectivity index (χ4v) is 3.24. The second-order valence-electron chi connectivity index (χ2n) is 5.86. The Balaban J connectivity index is 0.00000280. The smallest absolute Gasteiger partial charge is 0.191 e. The van der Waals surface area contributed by atoms with Gasteiger partial charge in [-0.3, -0.25) is 4.99 Å². The largest absolute Gasteiger partial charge is 0.494 e. The molecule has 7 heteroatoms. The van der Waals surface area contributed by atoms with E-state index >= 15 is 0 Å². The average Bonchev–Trinajstić information content (AvgIpc) is 3.20. The summed E-state index contributed by atoms with van der Waals surface area (Å²) in [4.78, 5) is 8.94. The Kier molecular flexibility index (Phi) is 9.78. The molecule has 0 bridgehead atoms. The molecule has 0 saturated heterocycles. The molecule has 28 heavy (non-hydrogen) atoms. The quantitative estimate of drug-likeness (QED) is 0.203. The van der Waals surface area contributed by atoms with Crippen molar-refractivity contribution in [2.24, 2.45) is 4.99 Å². The van der Waals surface area contributed by atoms with Crippen LogP contribution in [0, 0.1) is 0 Å². The molecule has 0 radical (unpaired) electrons. The number of para-hydroxylation sites is 1. The highest BCUT2D eigenvalue weighted by molar-refractivity contribution is 14.0. The van der Waals surface area contributed by atoms with Gasteiger partial charge < -0.3 is 15.4 Å². The van der Waals surface area contributed by atoms with Crippen LogP contribution in [0.5, 0.6) is 5.75 Å². The van der Waals surface area contributed by atoms with E-state index in [-0.39, 0.29) is 24.0 Å². The van der Waals surface area contributed by atoms with E-state index in [2.05, 4.69) is 38.1 Å². The summed E-state index contributed by atoms with van der Waals surface area (Å²) in [5.74, 6) is 1.67. The first-order valence-corrected chi connectivity index (χ1v) is 9.85. The van der Waals surface area contributed by atoms with E-state index < -0.39 is 0 Å². The lowest BCUT2D eigenvalue weighted by Gasteiger charge is -2.11. The lowest BCUT2D eigenvalue weighted by atomic mass is 10.2. The summed E-state index contributed by atoms with van der Waals surface area (Å²) < 4.78 is 5.69. The monoisotopic (exact) mass is 508 g/mol. The minimum absolute atomic E-state index is 0. The summed E-state index contributed by atoms with van der Waals surface area (Å²) in [7, 11) is 1.77. The fourth-order valence-electron chi connectivity index (χ4n) is 2.50. The Morgan fingerprint density at radius 2 is 1.75 bits per heavy atom. The molecular weight excluding hydrogens is 483 g/mol. The van der Waals surface area contributed by atoms with Crippen LogP contribution in [0.4, 0.5) is 0 Å². The first kappa shape index (κ1) is 22.2. The van der Waals surface area contributed by atoms with Crippen molar-refractivity contribution in [1.82, 2.24) is 15.6 Å². The highest BCUT2D eigenvalue weighted by Gasteiger charge is 2.05. The summed E-state index contributed by atoms with van der Waals surface area (Å²) >= 11 is 1.65. The number of hydrogen-bond acceptors (Lipinski definition) is 4. The van der Waals surface area contributed by atoms with Crippen molar-refractivity contribution in [3.63, 3.8) is 0 Å². The Labute approximate surface area is 187 Å². The zero-order valence-corrected chi connectivity index (χ0v) is 18.9. The van der Waals surface area contributed by atoms with Gasteiger partial charge in [0.15, 0.2) is 5.96 Å². The fraction of sp³-hybridized carbons (Fsp3) is 0.238. The summed E-state index contributed by atoms with van der Waals surface area (Å²) in [5.41, 5.74) is 2.15. The topological polar surface area (TPSA) is 58.5 Å². The van der Waals surface area contributed by atoms with Crippen LogP contribution in [0.25, 0.3) is 11.3 Å². The Morgan fingerprint density at radius 1 is 1.04 bits per heavy atom. The van der Waals surface area contributed by atoms with Crippen molar-refractivity contribution in [2.45, 2.75) is 13.0 Å². The molecule has 148 valence electrons. The predicted molar refractivity (Wildman–Crippen MR) is 128 cm³/mol. The molecule has 0 saturated carbocycles. The molecule has 0 aliphatic carbocycles. The molecule has 0 unspecified atom stereocenters. The van der Waals surface area contributed by atoms with Crippen molar-refractivity contribution < 1.29 is 4.74 Å². The number of hydrogen-bond donors (Lipinski definition) is 2. The maximum absolute atomic E-state index is 5.69. The maximum Gasteiger partial charge on any atom is 0.191 e. The van der Waals surface area contributed by atoms with Crippen molar-refractivity contribution in [3.8, 4) is 17.0 Å². The number of rotatable bonds is 8. The molecule has 2 aromatic carbocycles. The molecule has 0 aliphatic heterocycles. The average molecular weight is 508 g/mol. The molecule has 1 aromatic heterocycles. The van der Waals surface area contributed by atoms with Crippen LogP contribution in [0.2, 0.25) is 0 Å². The number of aliphatic imine (C=N–C) groups is 1. The molecule has 0 atom stereocenters. The van der Waals surface area contributed by atoms with Crippen LogP contribution in [-0.4, -0.2) is 31.1 Å². The summed E-state index contributed by atoms with van der Waals surface area (Å²) in [5, 5.41) is 9.72. The number of ether oxygens (including phenoxy) is 1. The van der Waals surface area contributed by atoms with E-state index in [0.29, 0.717) is 13.2 Å². The van der Waals surface area contributed by atoms with Crippen molar-refractivity contribution in [1.29, 1.82) is 0 Å². The number of nitrogens with zero attached hydrogens (tertiary/aromatic N) is 2. The van der Waals surface area contributed by atoms with Crippen molar-refractivity contribution >= 4 is 41.3 Å². The third-order valence-corrected chi connectivity index (χ3v) is 4.73. The number of guanidine groups is 1. The lowest BCUT2D eigenvalue weighted by Crippen LogP contribution is -2.37. The first-order valence-electron chi connectivity index (χ1n) is 8.97. The molecule has 0 fully saturated rings. The molecule has 5 nitrogen and oxygen atoms in total. The standard InChI is InChI=1S/C21H24N4OS.HI/c1-22-21(23-13-8-14-26-18-11-6-3-7-12-18)24-15-20-25-19(16-27-20)17-9-4-2-5-10-17;/h2-7,9-12,16H,8,13-15H2,1H3,(H2,22,23,24);1H. The van der Waals surface area contributed by atoms with Crippen LogP contribution in [-0.2, 0) is 6.54 Å². The highest BCUT2D eigenvalue weighted by atomic mass is 127. The number of benzene rings is 2. The van der Waals surface area contributed by atoms with Gasteiger partial charge in [0.1, 0.15) is 10.8 Å². The number of aromatic nitrogens is 1. The lowest BCUT2D eigenvalue weighted by molar-refractivity contribution is 0.311. The van der Waals surface area contributed by atoms with E-state index in [4.69, 9.17) is 4.74 Å². The van der Waals surface area contributed by atoms with Gasteiger partial charge in [0.05, 0.1) is 18.8 Å².